The Labute approximate surface area is 162 Å². The van der Waals surface area contributed by atoms with Crippen molar-refractivity contribution in [2.45, 2.75) is 19.8 Å². The third-order valence-corrected chi connectivity index (χ3v) is 5.15. The van der Waals surface area contributed by atoms with Crippen molar-refractivity contribution in [1.29, 1.82) is 0 Å². The number of amides is 3. The Balaban J connectivity index is 1.48. The molecule has 3 amide bonds. The lowest BCUT2D eigenvalue weighted by atomic mass is 9.85. The molecule has 1 atom stereocenters. The van der Waals surface area contributed by atoms with E-state index in [2.05, 4.69) is 10.6 Å². The maximum absolute atomic E-state index is 13.0. The van der Waals surface area contributed by atoms with E-state index in [0.29, 0.717) is 24.5 Å². The summed E-state index contributed by atoms with van der Waals surface area (Å²) in [5.41, 5.74) is 1.11. The first-order valence-corrected chi connectivity index (χ1v) is 9.30. The normalized spacial score (nSPS) is 15.8. The third-order valence-electron chi connectivity index (χ3n) is 5.15. The van der Waals surface area contributed by atoms with Gasteiger partial charge in [0.05, 0.1) is 0 Å². The van der Waals surface area contributed by atoms with Gasteiger partial charge in [-0.25, -0.2) is 13.6 Å². The number of hydrogen-bond donors (Lipinski definition) is 2. The van der Waals surface area contributed by atoms with Gasteiger partial charge >= 0.3 is 6.03 Å². The average Bonchev–Trinajstić information content (AvgIpc) is 2.71. The minimum Gasteiger partial charge on any atom is -0.326 e. The molecule has 0 radical (unpaired) electrons. The summed E-state index contributed by atoms with van der Waals surface area (Å²) in [7, 11) is 0. The van der Waals surface area contributed by atoms with Gasteiger partial charge in [0.25, 0.3) is 0 Å². The number of hydrogen-bond acceptors (Lipinski definition) is 2. The summed E-state index contributed by atoms with van der Waals surface area (Å²) in [5, 5.41) is 5.56. The molecule has 5 nitrogen and oxygen atoms in total. The fourth-order valence-corrected chi connectivity index (χ4v) is 3.34. The van der Waals surface area contributed by atoms with E-state index < -0.39 is 0 Å². The maximum Gasteiger partial charge on any atom is 0.321 e. The molecular weight excluding hydrogens is 364 g/mol. The predicted molar refractivity (Wildman–Crippen MR) is 104 cm³/mol. The Bertz CT molecular complexity index is 817. The van der Waals surface area contributed by atoms with Crippen LogP contribution in [0.25, 0.3) is 0 Å². The van der Waals surface area contributed by atoms with E-state index in [-0.39, 0.29) is 35.4 Å². The molecule has 2 N–H and O–H groups in total. The minimum atomic E-state index is -0.355. The number of halogens is 2. The van der Waals surface area contributed by atoms with E-state index in [4.69, 9.17) is 0 Å². The summed E-state index contributed by atoms with van der Waals surface area (Å²) in [6.45, 7) is 2.97. The number of nitrogens with zero attached hydrogens (tertiary/aromatic N) is 1. The molecule has 0 bridgehead atoms. The first-order valence-electron chi connectivity index (χ1n) is 9.30. The van der Waals surface area contributed by atoms with Gasteiger partial charge in [-0.3, -0.25) is 4.79 Å². The van der Waals surface area contributed by atoms with E-state index in [1.54, 1.807) is 4.90 Å². The van der Waals surface area contributed by atoms with Gasteiger partial charge in [-0.05, 0) is 67.3 Å². The molecule has 28 heavy (non-hydrogen) atoms. The molecular formula is C21H23F2N3O2. The molecule has 2 aromatic rings. The van der Waals surface area contributed by atoms with Crippen LogP contribution in [-0.2, 0) is 4.79 Å². The van der Waals surface area contributed by atoms with Crippen LogP contribution in [0, 0.1) is 23.5 Å². The second-order valence-electron chi connectivity index (χ2n) is 7.05. The Morgan fingerprint density at radius 3 is 1.86 bits per heavy atom. The number of nitrogens with one attached hydrogen (secondary N) is 2. The Morgan fingerprint density at radius 2 is 1.36 bits per heavy atom. The van der Waals surface area contributed by atoms with Crippen molar-refractivity contribution in [3.63, 3.8) is 0 Å². The van der Waals surface area contributed by atoms with Crippen LogP contribution < -0.4 is 10.6 Å². The average molecular weight is 387 g/mol. The van der Waals surface area contributed by atoms with Crippen LogP contribution in [0.4, 0.5) is 25.0 Å². The van der Waals surface area contributed by atoms with Crippen molar-refractivity contribution in [3.05, 3.63) is 60.2 Å². The van der Waals surface area contributed by atoms with Gasteiger partial charge in [-0.1, -0.05) is 6.92 Å². The van der Waals surface area contributed by atoms with Crippen LogP contribution in [0.2, 0.25) is 0 Å². The molecule has 1 saturated heterocycles. The van der Waals surface area contributed by atoms with Crippen molar-refractivity contribution in [1.82, 2.24) is 4.90 Å². The first-order chi connectivity index (χ1) is 13.4. The summed E-state index contributed by atoms with van der Waals surface area (Å²) in [5.74, 6) is -0.868. The number of likely N-dealkylation sites (tertiary alicyclic amines) is 1. The van der Waals surface area contributed by atoms with Gasteiger partial charge in [0, 0.05) is 30.4 Å². The molecule has 2 aromatic carbocycles. The van der Waals surface area contributed by atoms with Gasteiger partial charge in [0.15, 0.2) is 0 Å². The molecule has 1 aliphatic heterocycles. The SMILES string of the molecule is CC(C(=O)Nc1ccc(F)cc1)C1CCN(C(=O)Nc2ccc(F)cc2)CC1. The van der Waals surface area contributed by atoms with Gasteiger partial charge in [-0.15, -0.1) is 0 Å². The summed E-state index contributed by atoms with van der Waals surface area (Å²) in [6.07, 6.45) is 1.43. The molecule has 0 aliphatic carbocycles. The quantitative estimate of drug-likeness (QED) is 0.812. The molecule has 1 unspecified atom stereocenters. The number of carbonyl (C=O) groups is 2. The van der Waals surface area contributed by atoms with E-state index in [9.17, 15) is 18.4 Å². The van der Waals surface area contributed by atoms with Crippen LogP contribution in [0.1, 0.15) is 19.8 Å². The Kier molecular flexibility index (Phi) is 6.23. The molecule has 1 aliphatic rings. The second-order valence-corrected chi connectivity index (χ2v) is 7.05. The highest BCUT2D eigenvalue weighted by Crippen LogP contribution is 2.26. The zero-order chi connectivity index (χ0) is 20.1. The van der Waals surface area contributed by atoms with E-state index in [1.165, 1.54) is 48.5 Å². The van der Waals surface area contributed by atoms with Crippen LogP contribution in [-0.4, -0.2) is 29.9 Å². The zero-order valence-electron chi connectivity index (χ0n) is 15.6. The van der Waals surface area contributed by atoms with Gasteiger partial charge in [0.2, 0.25) is 5.91 Å². The number of carbonyl (C=O) groups excluding carboxylic acids is 2. The third kappa shape index (κ3) is 5.06. The fraction of sp³-hybridized carbons (Fsp3) is 0.333. The number of anilines is 2. The lowest BCUT2D eigenvalue weighted by molar-refractivity contribution is -0.121. The molecule has 7 heteroatoms. The van der Waals surface area contributed by atoms with Crippen LogP contribution >= 0.6 is 0 Å². The summed E-state index contributed by atoms with van der Waals surface area (Å²) >= 11 is 0. The van der Waals surface area contributed by atoms with Crippen molar-refractivity contribution in [2.75, 3.05) is 23.7 Å². The molecule has 0 aromatic heterocycles. The van der Waals surface area contributed by atoms with Crippen molar-refractivity contribution in [2.24, 2.45) is 11.8 Å². The van der Waals surface area contributed by atoms with Gasteiger partial charge < -0.3 is 15.5 Å². The number of benzene rings is 2. The summed E-state index contributed by atoms with van der Waals surface area (Å²) in [4.78, 5) is 26.5. The second kappa shape index (κ2) is 8.82. The van der Waals surface area contributed by atoms with Crippen LogP contribution in [0.5, 0.6) is 0 Å². The van der Waals surface area contributed by atoms with E-state index in [1.807, 2.05) is 6.92 Å². The highest BCUT2D eigenvalue weighted by Gasteiger charge is 2.30. The standard InChI is InChI=1S/C21H23F2N3O2/c1-14(20(27)24-18-6-2-16(22)3-7-18)15-10-12-26(13-11-15)21(28)25-19-8-4-17(23)5-9-19/h2-9,14-15H,10-13H2,1H3,(H,24,27)(H,25,28). The zero-order valence-corrected chi connectivity index (χ0v) is 15.6. The van der Waals surface area contributed by atoms with Crippen molar-refractivity contribution >= 4 is 23.3 Å². The predicted octanol–water partition coefficient (Wildman–Crippen LogP) is 4.48. The van der Waals surface area contributed by atoms with E-state index in [0.717, 1.165) is 12.8 Å². The fourth-order valence-electron chi connectivity index (χ4n) is 3.34. The number of rotatable bonds is 4. The number of urea groups is 1. The lowest BCUT2D eigenvalue weighted by Crippen LogP contribution is -2.43. The molecule has 1 fully saturated rings. The van der Waals surface area contributed by atoms with E-state index >= 15 is 0 Å². The highest BCUT2D eigenvalue weighted by molar-refractivity contribution is 5.92. The topological polar surface area (TPSA) is 61.4 Å². The van der Waals surface area contributed by atoms with Gasteiger partial charge in [-0.2, -0.15) is 0 Å². The highest BCUT2D eigenvalue weighted by atomic mass is 19.1. The van der Waals surface area contributed by atoms with Gasteiger partial charge in [0.1, 0.15) is 11.6 Å². The first kappa shape index (κ1) is 19.8. The maximum atomic E-state index is 13.0. The Hall–Kier alpha value is -2.96. The minimum absolute atomic E-state index is 0.110. The van der Waals surface area contributed by atoms with Crippen LogP contribution in [0.3, 0.4) is 0 Å². The molecule has 0 spiro atoms. The smallest absolute Gasteiger partial charge is 0.321 e. The molecule has 148 valence electrons. The monoisotopic (exact) mass is 387 g/mol. The van der Waals surface area contributed by atoms with Crippen LogP contribution in [0.15, 0.2) is 48.5 Å². The molecule has 3 rings (SSSR count). The van der Waals surface area contributed by atoms with Crippen molar-refractivity contribution in [3.8, 4) is 0 Å². The summed E-state index contributed by atoms with van der Waals surface area (Å²) in [6, 6.07) is 11.1. The Morgan fingerprint density at radius 1 is 0.893 bits per heavy atom. The summed E-state index contributed by atoms with van der Waals surface area (Å²) < 4.78 is 25.9. The number of piperidine rings is 1. The molecule has 0 saturated carbocycles. The lowest BCUT2D eigenvalue weighted by Gasteiger charge is -2.34. The van der Waals surface area contributed by atoms with Crippen molar-refractivity contribution < 1.29 is 18.4 Å². The molecule has 1 heterocycles. The largest absolute Gasteiger partial charge is 0.326 e.